The van der Waals surface area contributed by atoms with Crippen LogP contribution in [0.2, 0.25) is 0 Å². The van der Waals surface area contributed by atoms with Crippen LogP contribution in [0.5, 0.6) is 0 Å². The molecule has 0 aromatic heterocycles. The minimum absolute atomic E-state index is 0. The van der Waals surface area contributed by atoms with Crippen LogP contribution in [0.4, 0.5) is 13.2 Å². The summed E-state index contributed by atoms with van der Waals surface area (Å²) in [6.07, 6.45) is -0.702. The molecule has 0 spiro atoms. The van der Waals surface area contributed by atoms with E-state index in [2.05, 4.69) is 27.4 Å². The Labute approximate surface area is 170 Å². The van der Waals surface area contributed by atoms with Gasteiger partial charge in [0.25, 0.3) is 0 Å². The highest BCUT2D eigenvalue weighted by Gasteiger charge is 2.29. The number of benzene rings is 1. The Morgan fingerprint density at radius 2 is 1.77 bits per heavy atom. The van der Waals surface area contributed by atoms with Gasteiger partial charge in [-0.3, -0.25) is 9.89 Å². The molecule has 1 heterocycles. The summed E-state index contributed by atoms with van der Waals surface area (Å²) in [6.45, 7) is 5.72. The van der Waals surface area contributed by atoms with E-state index < -0.39 is 11.7 Å². The molecule has 1 aromatic carbocycles. The fourth-order valence-corrected chi connectivity index (χ4v) is 3.07. The molecule has 0 saturated carbocycles. The molecule has 1 aromatic rings. The molecule has 1 aliphatic heterocycles. The second-order valence-corrected chi connectivity index (χ2v) is 6.31. The predicted octanol–water partition coefficient (Wildman–Crippen LogP) is 3.86. The van der Waals surface area contributed by atoms with Gasteiger partial charge in [-0.05, 0) is 50.0 Å². The maximum atomic E-state index is 12.6. The molecule has 148 valence electrons. The molecule has 1 atom stereocenters. The van der Waals surface area contributed by atoms with Crippen LogP contribution in [0, 0.1) is 0 Å². The molecule has 1 unspecified atom stereocenters. The third kappa shape index (κ3) is 6.94. The second kappa shape index (κ2) is 11.0. The van der Waals surface area contributed by atoms with Gasteiger partial charge >= 0.3 is 6.18 Å². The first-order valence-corrected chi connectivity index (χ1v) is 8.78. The van der Waals surface area contributed by atoms with Crippen molar-refractivity contribution < 1.29 is 13.2 Å². The second-order valence-electron chi connectivity index (χ2n) is 6.31. The van der Waals surface area contributed by atoms with Crippen LogP contribution >= 0.6 is 24.0 Å². The van der Waals surface area contributed by atoms with Crippen LogP contribution < -0.4 is 10.6 Å². The van der Waals surface area contributed by atoms with E-state index >= 15 is 0 Å². The number of likely N-dealkylation sites (tertiary alicyclic amines) is 1. The van der Waals surface area contributed by atoms with Crippen LogP contribution in [-0.2, 0) is 12.7 Å². The van der Waals surface area contributed by atoms with Gasteiger partial charge in [0.15, 0.2) is 5.96 Å². The molecule has 0 bridgehead atoms. The number of hydrogen-bond acceptors (Lipinski definition) is 2. The highest BCUT2D eigenvalue weighted by atomic mass is 127. The maximum absolute atomic E-state index is 12.6. The van der Waals surface area contributed by atoms with Crippen molar-refractivity contribution in [2.45, 2.75) is 44.9 Å². The smallest absolute Gasteiger partial charge is 0.355 e. The predicted molar refractivity (Wildman–Crippen MR) is 110 cm³/mol. The lowest BCUT2D eigenvalue weighted by atomic mass is 10.1. The van der Waals surface area contributed by atoms with Crippen molar-refractivity contribution in [3.63, 3.8) is 0 Å². The number of halogens is 4. The number of nitrogens with one attached hydrogen (secondary N) is 2. The molecule has 0 aliphatic carbocycles. The van der Waals surface area contributed by atoms with Gasteiger partial charge < -0.3 is 10.6 Å². The standard InChI is InChI=1S/C18H27F3N4.HI/c1-3-16(25-10-4-5-11-25)13-24-17(22-2)23-12-14-6-8-15(9-7-14)18(19,20)21;/h6-9,16H,3-5,10-13H2,1-2H3,(H2,22,23,24);1H. The lowest BCUT2D eigenvalue weighted by Crippen LogP contribution is -2.46. The van der Waals surface area contributed by atoms with Crippen LogP contribution in [0.3, 0.4) is 0 Å². The Morgan fingerprint density at radius 1 is 1.15 bits per heavy atom. The molecule has 8 heteroatoms. The lowest BCUT2D eigenvalue weighted by molar-refractivity contribution is -0.137. The number of rotatable bonds is 6. The van der Waals surface area contributed by atoms with E-state index in [1.165, 1.54) is 25.0 Å². The van der Waals surface area contributed by atoms with Gasteiger partial charge in [0, 0.05) is 26.2 Å². The van der Waals surface area contributed by atoms with Gasteiger partial charge in [-0.1, -0.05) is 19.1 Å². The van der Waals surface area contributed by atoms with E-state index in [1.54, 1.807) is 7.05 Å². The molecule has 0 amide bonds. The number of guanidine groups is 1. The molecule has 1 aliphatic rings. The Morgan fingerprint density at radius 3 is 2.27 bits per heavy atom. The van der Waals surface area contributed by atoms with E-state index in [9.17, 15) is 13.2 Å². The van der Waals surface area contributed by atoms with Crippen LogP contribution in [0.25, 0.3) is 0 Å². The first-order valence-electron chi connectivity index (χ1n) is 8.78. The highest BCUT2D eigenvalue weighted by molar-refractivity contribution is 14.0. The van der Waals surface area contributed by atoms with Crippen molar-refractivity contribution >= 4 is 29.9 Å². The topological polar surface area (TPSA) is 39.7 Å². The Balaban J connectivity index is 0.00000338. The van der Waals surface area contributed by atoms with E-state index in [0.717, 1.165) is 43.8 Å². The maximum Gasteiger partial charge on any atom is 0.416 e. The van der Waals surface area contributed by atoms with Gasteiger partial charge in [0.05, 0.1) is 5.56 Å². The molecule has 2 N–H and O–H groups in total. The first-order chi connectivity index (χ1) is 11.9. The average molecular weight is 484 g/mol. The Bertz CT molecular complexity index is 555. The zero-order valence-electron chi connectivity index (χ0n) is 15.3. The van der Waals surface area contributed by atoms with Crippen LogP contribution in [0.1, 0.15) is 37.3 Å². The number of nitrogens with zero attached hydrogens (tertiary/aromatic N) is 2. The number of alkyl halides is 3. The van der Waals surface area contributed by atoms with Crippen molar-refractivity contribution in [2.24, 2.45) is 4.99 Å². The summed E-state index contributed by atoms with van der Waals surface area (Å²) < 4.78 is 37.7. The zero-order chi connectivity index (χ0) is 18.3. The molecular formula is C18H28F3IN4. The third-order valence-electron chi connectivity index (χ3n) is 4.60. The molecule has 2 rings (SSSR count). The van der Waals surface area contributed by atoms with Crippen molar-refractivity contribution in [2.75, 3.05) is 26.7 Å². The number of hydrogen-bond donors (Lipinski definition) is 2. The van der Waals surface area contributed by atoms with Crippen molar-refractivity contribution in [1.29, 1.82) is 0 Å². The van der Waals surface area contributed by atoms with Gasteiger partial charge in [-0.15, -0.1) is 24.0 Å². The minimum Gasteiger partial charge on any atom is -0.355 e. The Kier molecular flexibility index (Phi) is 9.70. The summed E-state index contributed by atoms with van der Waals surface area (Å²) in [6, 6.07) is 5.67. The fraction of sp³-hybridized carbons (Fsp3) is 0.611. The molecule has 1 fully saturated rings. The average Bonchev–Trinajstić information content (AvgIpc) is 3.12. The zero-order valence-corrected chi connectivity index (χ0v) is 17.6. The highest BCUT2D eigenvalue weighted by Crippen LogP contribution is 2.29. The quantitative estimate of drug-likeness (QED) is 0.366. The van der Waals surface area contributed by atoms with E-state index in [4.69, 9.17) is 0 Å². The molecule has 4 nitrogen and oxygen atoms in total. The van der Waals surface area contributed by atoms with Crippen molar-refractivity contribution in [3.05, 3.63) is 35.4 Å². The molecule has 0 radical (unpaired) electrons. The summed E-state index contributed by atoms with van der Waals surface area (Å²) in [5.41, 5.74) is 0.151. The van der Waals surface area contributed by atoms with Crippen molar-refractivity contribution in [3.8, 4) is 0 Å². The molecule has 26 heavy (non-hydrogen) atoms. The molecular weight excluding hydrogens is 456 g/mol. The third-order valence-corrected chi connectivity index (χ3v) is 4.60. The summed E-state index contributed by atoms with van der Waals surface area (Å²) >= 11 is 0. The van der Waals surface area contributed by atoms with Gasteiger partial charge in [0.1, 0.15) is 0 Å². The summed E-state index contributed by atoms with van der Waals surface area (Å²) in [7, 11) is 1.69. The van der Waals surface area contributed by atoms with Gasteiger partial charge in [0.2, 0.25) is 0 Å². The summed E-state index contributed by atoms with van der Waals surface area (Å²) in [5, 5.41) is 6.47. The fourth-order valence-electron chi connectivity index (χ4n) is 3.07. The molecule has 1 saturated heterocycles. The summed E-state index contributed by atoms with van der Waals surface area (Å²) in [5.74, 6) is 0.664. The van der Waals surface area contributed by atoms with Crippen molar-refractivity contribution in [1.82, 2.24) is 15.5 Å². The normalized spacial score (nSPS) is 16.9. The first kappa shape index (κ1) is 23.0. The summed E-state index contributed by atoms with van der Waals surface area (Å²) in [4.78, 5) is 6.68. The van der Waals surface area contributed by atoms with E-state index in [1.807, 2.05) is 0 Å². The van der Waals surface area contributed by atoms with Gasteiger partial charge in [-0.2, -0.15) is 13.2 Å². The van der Waals surface area contributed by atoms with Gasteiger partial charge in [-0.25, -0.2) is 0 Å². The van der Waals surface area contributed by atoms with E-state index in [-0.39, 0.29) is 24.0 Å². The van der Waals surface area contributed by atoms with Crippen LogP contribution in [0.15, 0.2) is 29.3 Å². The van der Waals surface area contributed by atoms with Crippen LogP contribution in [-0.4, -0.2) is 43.6 Å². The number of aliphatic imine (C=N–C) groups is 1. The monoisotopic (exact) mass is 484 g/mol. The SMILES string of the molecule is CCC(CNC(=NC)NCc1ccc(C(F)(F)F)cc1)N1CCCC1.I. The minimum atomic E-state index is -4.30. The lowest BCUT2D eigenvalue weighted by Gasteiger charge is -2.27. The Hall–Kier alpha value is -1.03. The largest absolute Gasteiger partial charge is 0.416 e. The van der Waals surface area contributed by atoms with E-state index in [0.29, 0.717) is 18.5 Å².